The molecule has 0 aromatic carbocycles. The zero-order valence-corrected chi connectivity index (χ0v) is 10.6. The van der Waals surface area contributed by atoms with Crippen molar-refractivity contribution in [1.29, 1.82) is 0 Å². The third-order valence-corrected chi connectivity index (χ3v) is 3.78. The van der Waals surface area contributed by atoms with E-state index in [9.17, 15) is 5.11 Å². The van der Waals surface area contributed by atoms with E-state index in [2.05, 4.69) is 10.5 Å². The van der Waals surface area contributed by atoms with Crippen LogP contribution in [-0.2, 0) is 0 Å². The van der Waals surface area contributed by atoms with E-state index in [1.54, 1.807) is 0 Å². The maximum Gasteiger partial charge on any atom is 0.143 e. The fourth-order valence-electron chi connectivity index (χ4n) is 2.48. The lowest BCUT2D eigenvalue weighted by atomic mass is 9.79. The Balaban J connectivity index is 2.25. The quantitative estimate of drug-likeness (QED) is 0.240. The highest BCUT2D eigenvalue weighted by molar-refractivity contribution is 5.82. The number of aliphatic hydroxyl groups excluding tert-OH is 1. The third-order valence-electron chi connectivity index (χ3n) is 3.78. The van der Waals surface area contributed by atoms with Crippen LogP contribution in [0.5, 0.6) is 0 Å². The molecule has 100 valence electrons. The van der Waals surface area contributed by atoms with Crippen LogP contribution in [-0.4, -0.2) is 35.8 Å². The molecular formula is C12H25N3O2. The minimum atomic E-state index is 0.0381. The lowest BCUT2D eigenvalue weighted by Crippen LogP contribution is -2.37. The molecule has 1 aliphatic rings. The summed E-state index contributed by atoms with van der Waals surface area (Å²) < 4.78 is 0. The maximum atomic E-state index is 9.30. The van der Waals surface area contributed by atoms with E-state index < -0.39 is 0 Å². The molecule has 5 N–H and O–H groups in total. The Hall–Kier alpha value is -0.810. The molecule has 1 aliphatic carbocycles. The molecule has 17 heavy (non-hydrogen) atoms. The second-order valence-corrected chi connectivity index (χ2v) is 5.07. The van der Waals surface area contributed by atoms with Crippen LogP contribution in [0.25, 0.3) is 0 Å². The van der Waals surface area contributed by atoms with Crippen molar-refractivity contribution in [1.82, 2.24) is 5.32 Å². The number of nitrogens with zero attached hydrogens (tertiary/aromatic N) is 1. The fourth-order valence-corrected chi connectivity index (χ4v) is 2.48. The van der Waals surface area contributed by atoms with E-state index in [0.29, 0.717) is 25.0 Å². The van der Waals surface area contributed by atoms with Gasteiger partial charge < -0.3 is 21.4 Å². The Kier molecular flexibility index (Phi) is 6.29. The molecule has 3 atom stereocenters. The van der Waals surface area contributed by atoms with Gasteiger partial charge in [-0.15, -0.1) is 0 Å². The number of oxime groups is 1. The van der Waals surface area contributed by atoms with Gasteiger partial charge in [0.05, 0.1) is 0 Å². The van der Waals surface area contributed by atoms with Gasteiger partial charge in [-0.1, -0.05) is 24.9 Å². The summed E-state index contributed by atoms with van der Waals surface area (Å²) in [6.07, 6.45) is 4.83. The predicted molar refractivity (Wildman–Crippen MR) is 68.0 cm³/mol. The van der Waals surface area contributed by atoms with E-state index in [0.717, 1.165) is 13.0 Å². The summed E-state index contributed by atoms with van der Waals surface area (Å²) in [7, 11) is 0. The smallest absolute Gasteiger partial charge is 0.143 e. The van der Waals surface area contributed by atoms with Crippen LogP contribution in [0.4, 0.5) is 0 Å². The van der Waals surface area contributed by atoms with Crippen molar-refractivity contribution in [3.8, 4) is 0 Å². The Labute approximate surface area is 103 Å². The van der Waals surface area contributed by atoms with Crippen molar-refractivity contribution < 1.29 is 10.3 Å². The highest BCUT2D eigenvalue weighted by Crippen LogP contribution is 2.28. The summed E-state index contributed by atoms with van der Waals surface area (Å²) in [5, 5.41) is 24.2. The topological polar surface area (TPSA) is 90.9 Å². The Morgan fingerprint density at radius 3 is 2.65 bits per heavy atom. The first-order valence-corrected chi connectivity index (χ1v) is 6.48. The molecule has 0 radical (unpaired) electrons. The number of hydrogen-bond acceptors (Lipinski definition) is 4. The van der Waals surface area contributed by atoms with Crippen molar-refractivity contribution in [3.63, 3.8) is 0 Å². The molecule has 0 aromatic rings. The van der Waals surface area contributed by atoms with E-state index in [1.165, 1.54) is 19.3 Å². The first-order chi connectivity index (χ1) is 8.19. The lowest BCUT2D eigenvalue weighted by Gasteiger charge is -2.30. The number of hydrogen-bond donors (Lipinski definition) is 4. The molecular weight excluding hydrogens is 218 g/mol. The molecule has 0 aliphatic heterocycles. The van der Waals surface area contributed by atoms with Gasteiger partial charge in [0.2, 0.25) is 0 Å². The van der Waals surface area contributed by atoms with E-state index in [4.69, 9.17) is 10.9 Å². The van der Waals surface area contributed by atoms with Gasteiger partial charge in [0, 0.05) is 19.1 Å². The van der Waals surface area contributed by atoms with Gasteiger partial charge >= 0.3 is 0 Å². The van der Waals surface area contributed by atoms with Gasteiger partial charge in [0.25, 0.3) is 0 Å². The SMILES string of the molecule is CC(CNCC1CCCCC1CO)C(N)=NO. The number of amidine groups is 1. The van der Waals surface area contributed by atoms with Gasteiger partial charge in [-0.25, -0.2) is 0 Å². The van der Waals surface area contributed by atoms with Crippen LogP contribution in [0.15, 0.2) is 5.16 Å². The maximum absolute atomic E-state index is 9.30. The molecule has 0 aromatic heterocycles. The highest BCUT2D eigenvalue weighted by Gasteiger charge is 2.24. The van der Waals surface area contributed by atoms with Crippen LogP contribution in [0, 0.1) is 17.8 Å². The summed E-state index contributed by atoms with van der Waals surface area (Å²) in [6, 6.07) is 0. The van der Waals surface area contributed by atoms with E-state index >= 15 is 0 Å². The number of nitrogens with two attached hydrogens (primary N) is 1. The zero-order valence-electron chi connectivity index (χ0n) is 10.6. The standard InChI is InChI=1S/C12H25N3O2/c1-9(12(13)15-17)6-14-7-10-4-2-3-5-11(10)8-16/h9-11,14,16-17H,2-8H2,1H3,(H2,13,15). The molecule has 0 saturated heterocycles. The molecule has 0 bridgehead atoms. The summed E-state index contributed by atoms with van der Waals surface area (Å²) in [5.41, 5.74) is 5.51. The second kappa shape index (κ2) is 7.50. The monoisotopic (exact) mass is 243 g/mol. The van der Waals surface area contributed by atoms with Gasteiger partial charge in [-0.3, -0.25) is 0 Å². The van der Waals surface area contributed by atoms with Gasteiger partial charge in [-0.2, -0.15) is 0 Å². The molecule has 5 nitrogen and oxygen atoms in total. The minimum absolute atomic E-state index is 0.0381. The van der Waals surface area contributed by atoms with Crippen LogP contribution in [0.1, 0.15) is 32.6 Å². The average Bonchev–Trinajstić information content (AvgIpc) is 2.38. The van der Waals surface area contributed by atoms with Crippen LogP contribution in [0.3, 0.4) is 0 Å². The zero-order chi connectivity index (χ0) is 12.7. The van der Waals surface area contributed by atoms with Crippen molar-refractivity contribution in [2.45, 2.75) is 32.6 Å². The van der Waals surface area contributed by atoms with Gasteiger partial charge in [0.15, 0.2) is 0 Å². The molecule has 5 heteroatoms. The largest absolute Gasteiger partial charge is 0.409 e. The summed E-state index contributed by atoms with van der Waals surface area (Å²) in [6.45, 7) is 3.84. The molecule has 0 amide bonds. The van der Waals surface area contributed by atoms with Gasteiger partial charge in [0.1, 0.15) is 5.84 Å². The Morgan fingerprint density at radius 1 is 1.41 bits per heavy atom. The van der Waals surface area contributed by atoms with Crippen LogP contribution >= 0.6 is 0 Å². The van der Waals surface area contributed by atoms with Crippen molar-refractivity contribution in [2.24, 2.45) is 28.6 Å². The van der Waals surface area contributed by atoms with Crippen molar-refractivity contribution in [3.05, 3.63) is 0 Å². The molecule has 3 unspecified atom stereocenters. The normalized spacial score (nSPS) is 28.0. The first kappa shape index (κ1) is 14.3. The lowest BCUT2D eigenvalue weighted by molar-refractivity contribution is 0.133. The third kappa shape index (κ3) is 4.52. The van der Waals surface area contributed by atoms with E-state index in [1.807, 2.05) is 6.92 Å². The fraction of sp³-hybridized carbons (Fsp3) is 0.917. The molecule has 0 heterocycles. The molecule has 0 spiro atoms. The summed E-state index contributed by atoms with van der Waals surface area (Å²) in [5.74, 6) is 1.31. The first-order valence-electron chi connectivity index (χ1n) is 6.48. The van der Waals surface area contributed by atoms with Crippen LogP contribution < -0.4 is 11.1 Å². The summed E-state index contributed by atoms with van der Waals surface area (Å²) in [4.78, 5) is 0. The second-order valence-electron chi connectivity index (χ2n) is 5.07. The van der Waals surface area contributed by atoms with Gasteiger partial charge in [-0.05, 0) is 31.2 Å². The van der Waals surface area contributed by atoms with Crippen LogP contribution in [0.2, 0.25) is 0 Å². The predicted octanol–water partition coefficient (Wildman–Crippen LogP) is 0.757. The Morgan fingerprint density at radius 2 is 2.06 bits per heavy atom. The summed E-state index contributed by atoms with van der Waals surface area (Å²) >= 11 is 0. The highest BCUT2D eigenvalue weighted by atomic mass is 16.4. The molecule has 1 saturated carbocycles. The average molecular weight is 243 g/mol. The number of nitrogens with one attached hydrogen (secondary N) is 1. The minimum Gasteiger partial charge on any atom is -0.409 e. The van der Waals surface area contributed by atoms with Crippen molar-refractivity contribution >= 4 is 5.84 Å². The van der Waals surface area contributed by atoms with E-state index in [-0.39, 0.29) is 11.8 Å². The molecule has 1 fully saturated rings. The molecule has 1 rings (SSSR count). The Bertz CT molecular complexity index is 246. The van der Waals surface area contributed by atoms with Crippen molar-refractivity contribution in [2.75, 3.05) is 19.7 Å². The number of rotatable bonds is 6. The number of aliphatic hydroxyl groups is 1.